The Morgan fingerprint density at radius 1 is 1.42 bits per heavy atom. The van der Waals surface area contributed by atoms with E-state index in [2.05, 4.69) is 34.1 Å². The average Bonchev–Trinajstić information content (AvgIpc) is 2.49. The molecule has 1 aromatic heterocycles. The largest absolute Gasteiger partial charge is 0.333 e. The molecule has 2 rings (SSSR count). The first-order valence-electron chi connectivity index (χ1n) is 6.59. The molecule has 0 spiro atoms. The summed E-state index contributed by atoms with van der Waals surface area (Å²) < 4.78 is 0. The highest BCUT2D eigenvalue weighted by atomic mass is 16.2. The standard InChI is InChI=1S/C13H21N5O/c1-13(2)5-4-10(14-3)12(19)18(7-13)6-11-16-8-15-9-17-11/h8-10,14H,4-7H2,1-3H3. The molecule has 1 aliphatic rings. The lowest BCUT2D eigenvalue weighted by Crippen LogP contribution is -2.44. The molecule has 0 bridgehead atoms. The van der Waals surface area contributed by atoms with Crippen molar-refractivity contribution in [3.05, 3.63) is 18.5 Å². The van der Waals surface area contributed by atoms with Crippen LogP contribution in [-0.4, -0.2) is 45.4 Å². The van der Waals surface area contributed by atoms with Crippen molar-refractivity contribution in [1.29, 1.82) is 0 Å². The van der Waals surface area contributed by atoms with E-state index >= 15 is 0 Å². The van der Waals surface area contributed by atoms with Crippen LogP contribution < -0.4 is 5.32 Å². The highest BCUT2D eigenvalue weighted by Gasteiger charge is 2.34. The van der Waals surface area contributed by atoms with Crippen molar-refractivity contribution in [1.82, 2.24) is 25.2 Å². The number of nitrogens with zero attached hydrogens (tertiary/aromatic N) is 4. The van der Waals surface area contributed by atoms with Crippen LogP contribution in [0.3, 0.4) is 0 Å². The molecular formula is C13H21N5O. The van der Waals surface area contributed by atoms with Crippen LogP contribution in [0.25, 0.3) is 0 Å². The second kappa shape index (κ2) is 5.61. The zero-order valence-corrected chi connectivity index (χ0v) is 11.8. The van der Waals surface area contributed by atoms with Crippen molar-refractivity contribution in [2.45, 2.75) is 39.3 Å². The molecule has 0 radical (unpaired) electrons. The molecule has 0 aliphatic carbocycles. The normalized spacial score (nSPS) is 23.2. The van der Waals surface area contributed by atoms with Crippen LogP contribution in [0.4, 0.5) is 0 Å². The summed E-state index contributed by atoms with van der Waals surface area (Å²) in [6, 6.07) is -0.108. The molecular weight excluding hydrogens is 242 g/mol. The molecule has 1 unspecified atom stereocenters. The minimum atomic E-state index is -0.108. The second-order valence-corrected chi connectivity index (χ2v) is 5.79. The Hall–Kier alpha value is -1.56. The number of hydrogen-bond donors (Lipinski definition) is 1. The van der Waals surface area contributed by atoms with Crippen LogP contribution >= 0.6 is 0 Å². The van der Waals surface area contributed by atoms with Crippen molar-refractivity contribution < 1.29 is 4.79 Å². The molecule has 1 aliphatic heterocycles. The molecule has 6 nitrogen and oxygen atoms in total. The van der Waals surface area contributed by atoms with Gasteiger partial charge in [0.05, 0.1) is 12.6 Å². The van der Waals surface area contributed by atoms with Gasteiger partial charge < -0.3 is 10.2 Å². The summed E-state index contributed by atoms with van der Waals surface area (Å²) in [4.78, 5) is 26.3. The number of rotatable bonds is 3. The molecule has 19 heavy (non-hydrogen) atoms. The highest BCUT2D eigenvalue weighted by molar-refractivity contribution is 5.82. The molecule has 6 heteroatoms. The fraction of sp³-hybridized carbons (Fsp3) is 0.692. The number of hydrogen-bond acceptors (Lipinski definition) is 5. The molecule has 1 saturated heterocycles. The van der Waals surface area contributed by atoms with Crippen LogP contribution in [0.2, 0.25) is 0 Å². The van der Waals surface area contributed by atoms with E-state index in [1.54, 1.807) is 0 Å². The third kappa shape index (κ3) is 3.47. The maximum Gasteiger partial charge on any atom is 0.240 e. The summed E-state index contributed by atoms with van der Waals surface area (Å²) in [5.41, 5.74) is 0.119. The van der Waals surface area contributed by atoms with E-state index in [0.717, 1.165) is 19.4 Å². The van der Waals surface area contributed by atoms with Gasteiger partial charge >= 0.3 is 0 Å². The Kier molecular flexibility index (Phi) is 4.09. The molecule has 2 heterocycles. The van der Waals surface area contributed by atoms with Crippen molar-refractivity contribution in [2.24, 2.45) is 5.41 Å². The van der Waals surface area contributed by atoms with Crippen LogP contribution in [0.15, 0.2) is 12.7 Å². The minimum Gasteiger partial charge on any atom is -0.333 e. The summed E-state index contributed by atoms with van der Waals surface area (Å²) in [5.74, 6) is 0.768. The lowest BCUT2D eigenvalue weighted by atomic mass is 9.87. The molecule has 0 aromatic carbocycles. The molecule has 1 N–H and O–H groups in total. The lowest BCUT2D eigenvalue weighted by molar-refractivity contribution is -0.134. The van der Waals surface area contributed by atoms with Gasteiger partial charge in [0.2, 0.25) is 5.91 Å². The topological polar surface area (TPSA) is 71.0 Å². The number of carbonyl (C=O) groups is 1. The van der Waals surface area contributed by atoms with Gasteiger partial charge in [0, 0.05) is 6.54 Å². The molecule has 104 valence electrons. The molecule has 1 atom stereocenters. The predicted molar refractivity (Wildman–Crippen MR) is 71.1 cm³/mol. The molecule has 0 saturated carbocycles. The molecule has 1 aromatic rings. The summed E-state index contributed by atoms with van der Waals surface area (Å²) >= 11 is 0. The zero-order chi connectivity index (χ0) is 13.9. The summed E-state index contributed by atoms with van der Waals surface area (Å²) in [5, 5.41) is 3.10. The Morgan fingerprint density at radius 3 is 2.74 bits per heavy atom. The number of amides is 1. The van der Waals surface area contributed by atoms with Crippen LogP contribution in [0.1, 0.15) is 32.5 Å². The molecule has 1 fully saturated rings. The average molecular weight is 263 g/mol. The lowest BCUT2D eigenvalue weighted by Gasteiger charge is -2.29. The SMILES string of the molecule is CNC1CCC(C)(C)CN(Cc2ncncn2)C1=O. The maximum absolute atomic E-state index is 12.5. The first-order chi connectivity index (χ1) is 9.02. The Bertz CT molecular complexity index is 434. The first kappa shape index (κ1) is 13.9. The highest BCUT2D eigenvalue weighted by Crippen LogP contribution is 2.29. The smallest absolute Gasteiger partial charge is 0.240 e. The fourth-order valence-electron chi connectivity index (χ4n) is 2.47. The van der Waals surface area contributed by atoms with Gasteiger partial charge in [-0.2, -0.15) is 0 Å². The predicted octanol–water partition coefficient (Wildman–Crippen LogP) is 0.608. The third-order valence-corrected chi connectivity index (χ3v) is 3.57. The van der Waals surface area contributed by atoms with Gasteiger partial charge in [0.25, 0.3) is 0 Å². The first-order valence-corrected chi connectivity index (χ1v) is 6.59. The van der Waals surface area contributed by atoms with Crippen LogP contribution in [-0.2, 0) is 11.3 Å². The van der Waals surface area contributed by atoms with Gasteiger partial charge in [-0.1, -0.05) is 13.8 Å². The Morgan fingerprint density at radius 2 is 2.11 bits per heavy atom. The summed E-state index contributed by atoms with van der Waals surface area (Å²) in [6.07, 6.45) is 4.82. The van der Waals surface area contributed by atoms with Crippen molar-refractivity contribution in [3.8, 4) is 0 Å². The van der Waals surface area contributed by atoms with Crippen LogP contribution in [0, 0.1) is 5.41 Å². The van der Waals surface area contributed by atoms with E-state index in [1.807, 2.05) is 11.9 Å². The van der Waals surface area contributed by atoms with Gasteiger partial charge in [0.15, 0.2) is 5.82 Å². The van der Waals surface area contributed by atoms with Crippen molar-refractivity contribution in [2.75, 3.05) is 13.6 Å². The minimum absolute atomic E-state index is 0.108. The van der Waals surface area contributed by atoms with Gasteiger partial charge in [-0.15, -0.1) is 0 Å². The quantitative estimate of drug-likeness (QED) is 0.865. The van der Waals surface area contributed by atoms with Gasteiger partial charge in [-0.25, -0.2) is 15.0 Å². The van der Waals surface area contributed by atoms with Crippen LogP contribution in [0.5, 0.6) is 0 Å². The number of likely N-dealkylation sites (tertiary alicyclic amines) is 1. The van der Waals surface area contributed by atoms with Crippen molar-refractivity contribution >= 4 is 5.91 Å². The second-order valence-electron chi connectivity index (χ2n) is 5.79. The maximum atomic E-state index is 12.5. The molecule has 1 amide bonds. The van der Waals surface area contributed by atoms with E-state index in [4.69, 9.17) is 0 Å². The van der Waals surface area contributed by atoms with Gasteiger partial charge in [0.1, 0.15) is 12.7 Å². The van der Waals surface area contributed by atoms with Crippen molar-refractivity contribution in [3.63, 3.8) is 0 Å². The van der Waals surface area contributed by atoms with E-state index in [9.17, 15) is 4.79 Å². The Labute approximate surface area is 113 Å². The van der Waals surface area contributed by atoms with Gasteiger partial charge in [-0.05, 0) is 25.3 Å². The summed E-state index contributed by atoms with van der Waals surface area (Å²) in [6.45, 7) is 5.57. The number of carbonyl (C=O) groups excluding carboxylic acids is 1. The number of likely N-dealkylation sites (N-methyl/N-ethyl adjacent to an activating group) is 1. The number of aromatic nitrogens is 3. The Balaban J connectivity index is 2.17. The fourth-order valence-corrected chi connectivity index (χ4v) is 2.47. The van der Waals surface area contributed by atoms with E-state index < -0.39 is 0 Å². The van der Waals surface area contributed by atoms with E-state index in [-0.39, 0.29) is 17.4 Å². The summed E-state index contributed by atoms with van der Waals surface area (Å²) in [7, 11) is 1.84. The zero-order valence-electron chi connectivity index (χ0n) is 11.8. The third-order valence-electron chi connectivity index (χ3n) is 3.57. The number of nitrogens with one attached hydrogen (secondary N) is 1. The van der Waals surface area contributed by atoms with E-state index in [0.29, 0.717) is 12.4 Å². The van der Waals surface area contributed by atoms with Gasteiger partial charge in [-0.3, -0.25) is 4.79 Å². The monoisotopic (exact) mass is 263 g/mol. The van der Waals surface area contributed by atoms with E-state index in [1.165, 1.54) is 12.7 Å².